The molecule has 4 nitrogen and oxygen atoms in total. The van der Waals surface area contributed by atoms with Crippen molar-refractivity contribution in [2.45, 2.75) is 0 Å². The van der Waals surface area contributed by atoms with Gasteiger partial charge in [0.05, 0.1) is 11.0 Å². The van der Waals surface area contributed by atoms with Gasteiger partial charge in [0.15, 0.2) is 0 Å². The molecule has 3 aromatic heterocycles. The first-order valence-corrected chi connectivity index (χ1v) is 16.5. The number of fused-ring (bicyclic) bond motifs is 8. The van der Waals surface area contributed by atoms with Gasteiger partial charge in [0, 0.05) is 62.8 Å². The Kier molecular flexibility index (Phi) is 6.15. The maximum absolute atomic E-state index is 6.24. The Bertz CT molecular complexity index is 2830. The fraction of sp³-hybridized carbons (Fsp3) is 0. The zero-order valence-corrected chi connectivity index (χ0v) is 26.5. The molecule has 230 valence electrons. The van der Waals surface area contributed by atoms with Crippen LogP contribution < -0.4 is 4.90 Å². The van der Waals surface area contributed by atoms with Crippen molar-refractivity contribution in [3.8, 4) is 16.8 Å². The second-order valence-electron chi connectivity index (χ2n) is 12.5. The van der Waals surface area contributed by atoms with Gasteiger partial charge < -0.3 is 13.9 Å². The summed E-state index contributed by atoms with van der Waals surface area (Å²) < 4.78 is 8.64. The summed E-state index contributed by atoms with van der Waals surface area (Å²) in [4.78, 5) is 6.58. The molecule has 10 aromatic rings. The molecule has 10 rings (SSSR count). The van der Waals surface area contributed by atoms with Gasteiger partial charge in [-0.05, 0) is 88.6 Å². The predicted molar refractivity (Wildman–Crippen MR) is 203 cm³/mol. The SMILES string of the molecule is c1ccc(N(c2ccc(-c3cccc(-n4c5ccccc5c5c6ccccc6ccc54)c3)cc2)c2ccc3c(c2)oc2ccncc23)cc1. The molecule has 0 N–H and O–H groups in total. The average Bonchev–Trinajstić information content (AvgIpc) is 3.71. The summed E-state index contributed by atoms with van der Waals surface area (Å²) in [6.45, 7) is 0. The number of rotatable bonds is 5. The van der Waals surface area contributed by atoms with E-state index in [0.717, 1.165) is 50.3 Å². The molecule has 0 radical (unpaired) electrons. The number of pyridine rings is 1. The number of hydrogen-bond donors (Lipinski definition) is 0. The van der Waals surface area contributed by atoms with Crippen LogP contribution in [0.3, 0.4) is 0 Å². The molecule has 0 spiro atoms. The quantitative estimate of drug-likeness (QED) is 0.190. The van der Waals surface area contributed by atoms with Crippen molar-refractivity contribution in [1.82, 2.24) is 9.55 Å². The standard InChI is InChI=1S/C45H29N3O/c1-2-11-33(12-3-1)47(36-22-23-38-40-29-46-26-25-43(40)49-44(38)28-36)34-20-17-30(18-21-34)32-10-8-13-35(27-32)48-41-16-7-6-15-39(41)45-37-14-5-4-9-31(37)19-24-42(45)48/h1-29H. The monoisotopic (exact) mass is 627 g/mol. The largest absolute Gasteiger partial charge is 0.456 e. The van der Waals surface area contributed by atoms with E-state index in [0.29, 0.717) is 0 Å². The van der Waals surface area contributed by atoms with Crippen molar-refractivity contribution in [2.24, 2.45) is 0 Å². The highest BCUT2D eigenvalue weighted by atomic mass is 16.3. The van der Waals surface area contributed by atoms with Gasteiger partial charge in [-0.3, -0.25) is 4.98 Å². The molecule has 0 saturated carbocycles. The van der Waals surface area contributed by atoms with Gasteiger partial charge in [0.1, 0.15) is 11.2 Å². The predicted octanol–water partition coefficient (Wildman–Crippen LogP) is 12.4. The van der Waals surface area contributed by atoms with Crippen LogP contribution >= 0.6 is 0 Å². The Morgan fingerprint density at radius 3 is 2.14 bits per heavy atom. The van der Waals surface area contributed by atoms with Crippen LogP contribution in [0.15, 0.2) is 181 Å². The summed E-state index contributed by atoms with van der Waals surface area (Å²) in [6, 6.07) is 58.4. The molecule has 0 unspecified atom stereocenters. The van der Waals surface area contributed by atoms with Crippen LogP contribution in [0.5, 0.6) is 0 Å². The second-order valence-corrected chi connectivity index (χ2v) is 12.5. The second kappa shape index (κ2) is 11.0. The van der Waals surface area contributed by atoms with Crippen LogP contribution in [0, 0.1) is 0 Å². The lowest BCUT2D eigenvalue weighted by Gasteiger charge is -2.25. The Morgan fingerprint density at radius 2 is 1.24 bits per heavy atom. The van der Waals surface area contributed by atoms with Crippen molar-refractivity contribution in [2.75, 3.05) is 4.90 Å². The Balaban J connectivity index is 1.07. The fourth-order valence-electron chi connectivity index (χ4n) is 7.42. The molecule has 0 aliphatic rings. The van der Waals surface area contributed by atoms with Crippen molar-refractivity contribution >= 4 is 71.6 Å². The van der Waals surface area contributed by atoms with Gasteiger partial charge in [0.2, 0.25) is 0 Å². The first kappa shape index (κ1) is 27.5. The minimum atomic E-state index is 0.841. The van der Waals surface area contributed by atoms with E-state index >= 15 is 0 Å². The van der Waals surface area contributed by atoms with Crippen LogP contribution in [-0.2, 0) is 0 Å². The molecule has 0 saturated heterocycles. The number of para-hydroxylation sites is 2. The molecule has 7 aromatic carbocycles. The summed E-state index contributed by atoms with van der Waals surface area (Å²) in [6.07, 6.45) is 3.64. The number of furan rings is 1. The molecule has 0 aliphatic heterocycles. The summed E-state index contributed by atoms with van der Waals surface area (Å²) in [5, 5.41) is 7.18. The van der Waals surface area contributed by atoms with E-state index in [9.17, 15) is 0 Å². The fourth-order valence-corrected chi connectivity index (χ4v) is 7.42. The molecule has 0 atom stereocenters. The van der Waals surface area contributed by atoms with Gasteiger partial charge in [-0.1, -0.05) is 91.0 Å². The van der Waals surface area contributed by atoms with E-state index in [4.69, 9.17) is 4.42 Å². The smallest absolute Gasteiger partial charge is 0.138 e. The van der Waals surface area contributed by atoms with E-state index in [1.54, 1.807) is 6.20 Å². The lowest BCUT2D eigenvalue weighted by Crippen LogP contribution is -2.09. The Labute approximate surface area is 282 Å². The van der Waals surface area contributed by atoms with Gasteiger partial charge >= 0.3 is 0 Å². The zero-order chi connectivity index (χ0) is 32.3. The maximum atomic E-state index is 6.24. The minimum Gasteiger partial charge on any atom is -0.456 e. The topological polar surface area (TPSA) is 34.2 Å². The van der Waals surface area contributed by atoms with Gasteiger partial charge in [-0.25, -0.2) is 0 Å². The average molecular weight is 628 g/mol. The van der Waals surface area contributed by atoms with E-state index < -0.39 is 0 Å². The summed E-state index contributed by atoms with van der Waals surface area (Å²) in [7, 11) is 0. The van der Waals surface area contributed by atoms with Crippen LogP contribution in [0.25, 0.3) is 71.3 Å². The van der Waals surface area contributed by atoms with Crippen LogP contribution in [-0.4, -0.2) is 9.55 Å². The summed E-state index contributed by atoms with van der Waals surface area (Å²) >= 11 is 0. The lowest BCUT2D eigenvalue weighted by molar-refractivity contribution is 0.668. The molecule has 0 amide bonds. The first-order chi connectivity index (χ1) is 24.3. The minimum absolute atomic E-state index is 0.841. The lowest BCUT2D eigenvalue weighted by atomic mass is 10.0. The Hall–Kier alpha value is -6.65. The first-order valence-electron chi connectivity index (χ1n) is 16.5. The summed E-state index contributed by atoms with van der Waals surface area (Å²) in [5.74, 6) is 0. The highest BCUT2D eigenvalue weighted by Gasteiger charge is 2.17. The van der Waals surface area contributed by atoms with Crippen LogP contribution in [0.1, 0.15) is 0 Å². The number of benzene rings is 7. The molecule has 3 heterocycles. The molecule has 0 bridgehead atoms. The van der Waals surface area contributed by atoms with E-state index in [2.05, 4.69) is 166 Å². The summed E-state index contributed by atoms with van der Waals surface area (Å²) in [5.41, 5.74) is 10.7. The third-order valence-corrected chi connectivity index (χ3v) is 9.65. The number of anilines is 3. The van der Waals surface area contributed by atoms with Gasteiger partial charge in [-0.15, -0.1) is 0 Å². The van der Waals surface area contributed by atoms with Gasteiger partial charge in [-0.2, -0.15) is 0 Å². The van der Waals surface area contributed by atoms with Crippen molar-refractivity contribution in [3.63, 3.8) is 0 Å². The highest BCUT2D eigenvalue weighted by molar-refractivity contribution is 6.21. The highest BCUT2D eigenvalue weighted by Crippen LogP contribution is 2.40. The number of aromatic nitrogens is 2. The molecule has 0 aliphatic carbocycles. The van der Waals surface area contributed by atoms with Crippen LogP contribution in [0.4, 0.5) is 17.1 Å². The van der Waals surface area contributed by atoms with E-state index in [1.807, 2.05) is 18.3 Å². The Morgan fingerprint density at radius 1 is 0.469 bits per heavy atom. The zero-order valence-electron chi connectivity index (χ0n) is 26.5. The van der Waals surface area contributed by atoms with Crippen LogP contribution in [0.2, 0.25) is 0 Å². The molecular formula is C45H29N3O. The normalized spacial score (nSPS) is 11.7. The molecule has 0 fully saturated rings. The third kappa shape index (κ3) is 4.42. The van der Waals surface area contributed by atoms with Crippen molar-refractivity contribution in [3.05, 3.63) is 176 Å². The third-order valence-electron chi connectivity index (χ3n) is 9.65. The number of nitrogens with zero attached hydrogens (tertiary/aromatic N) is 3. The van der Waals surface area contributed by atoms with E-state index in [1.165, 1.54) is 38.1 Å². The van der Waals surface area contributed by atoms with E-state index in [-0.39, 0.29) is 0 Å². The van der Waals surface area contributed by atoms with Crippen molar-refractivity contribution < 1.29 is 4.42 Å². The maximum Gasteiger partial charge on any atom is 0.138 e. The molecule has 4 heteroatoms. The molecular weight excluding hydrogens is 599 g/mol. The molecule has 49 heavy (non-hydrogen) atoms. The van der Waals surface area contributed by atoms with Gasteiger partial charge in [0.25, 0.3) is 0 Å². The van der Waals surface area contributed by atoms with Crippen molar-refractivity contribution in [1.29, 1.82) is 0 Å². The number of hydrogen-bond acceptors (Lipinski definition) is 3.